The summed E-state index contributed by atoms with van der Waals surface area (Å²) in [6, 6.07) is 20.2. The van der Waals surface area contributed by atoms with Crippen LogP contribution < -0.4 is 9.62 Å². The van der Waals surface area contributed by atoms with E-state index in [-0.39, 0.29) is 39.5 Å². The third-order valence-electron chi connectivity index (χ3n) is 7.52. The van der Waals surface area contributed by atoms with Crippen LogP contribution in [-0.4, -0.2) is 43.8 Å². The summed E-state index contributed by atoms with van der Waals surface area (Å²) in [6.45, 7) is 3.90. The second kappa shape index (κ2) is 15.8. The summed E-state index contributed by atoms with van der Waals surface area (Å²) in [5.41, 5.74) is -0.0524. The molecule has 0 aliphatic rings. The fourth-order valence-electron chi connectivity index (χ4n) is 5.04. The van der Waals surface area contributed by atoms with Gasteiger partial charge in [0.25, 0.3) is 10.0 Å². The van der Waals surface area contributed by atoms with Crippen LogP contribution in [0, 0.1) is 6.92 Å². The summed E-state index contributed by atoms with van der Waals surface area (Å²) < 4.78 is 70.8. The van der Waals surface area contributed by atoms with Gasteiger partial charge in [0.15, 0.2) is 0 Å². The zero-order valence-corrected chi connectivity index (χ0v) is 29.7. The van der Waals surface area contributed by atoms with E-state index in [0.717, 1.165) is 22.6 Å². The van der Waals surface area contributed by atoms with Crippen LogP contribution in [0.25, 0.3) is 0 Å². The maximum atomic E-state index is 14.6. The van der Waals surface area contributed by atoms with Crippen LogP contribution in [0.15, 0.2) is 95.9 Å². The number of hydrogen-bond acceptors (Lipinski definition) is 4. The van der Waals surface area contributed by atoms with E-state index in [1.54, 1.807) is 69.3 Å². The SMILES string of the molecule is Cc1ccc(S(=O)(=O)N(CC(=O)N(Cc2c(Cl)cccc2Cl)[C@H](Cc2ccccc2)C(=O)NC(C)C)c2ccc(Cl)c(C(F)(F)F)c2)cc1. The molecule has 0 aromatic heterocycles. The molecular formula is C35H33Cl3F3N3O4S. The number of halogens is 6. The molecule has 4 aromatic rings. The van der Waals surface area contributed by atoms with Crippen LogP contribution in [0.1, 0.15) is 36.1 Å². The molecule has 0 fully saturated rings. The van der Waals surface area contributed by atoms with Crippen LogP contribution >= 0.6 is 34.8 Å². The number of carbonyl (C=O) groups excluding carboxylic acids is 2. The molecule has 0 unspecified atom stereocenters. The lowest BCUT2D eigenvalue weighted by Crippen LogP contribution is -2.54. The van der Waals surface area contributed by atoms with Crippen molar-refractivity contribution in [2.75, 3.05) is 10.8 Å². The number of hydrogen-bond donors (Lipinski definition) is 1. The van der Waals surface area contributed by atoms with Gasteiger partial charge in [-0.1, -0.05) is 88.9 Å². The van der Waals surface area contributed by atoms with E-state index in [4.69, 9.17) is 34.8 Å². The van der Waals surface area contributed by atoms with Gasteiger partial charge >= 0.3 is 6.18 Å². The molecule has 4 aromatic carbocycles. The van der Waals surface area contributed by atoms with Crippen molar-refractivity contribution < 1.29 is 31.2 Å². The monoisotopic (exact) mass is 753 g/mol. The zero-order valence-electron chi connectivity index (χ0n) is 26.6. The molecule has 0 aliphatic carbocycles. The number of anilines is 1. The third kappa shape index (κ3) is 9.48. The molecule has 260 valence electrons. The Bertz CT molecular complexity index is 1890. The van der Waals surface area contributed by atoms with Gasteiger partial charge in [-0.05, 0) is 68.8 Å². The number of nitrogens with zero attached hydrogens (tertiary/aromatic N) is 2. The van der Waals surface area contributed by atoms with Gasteiger partial charge < -0.3 is 10.2 Å². The molecule has 1 atom stereocenters. The number of carbonyl (C=O) groups is 2. The van der Waals surface area contributed by atoms with E-state index in [9.17, 15) is 31.2 Å². The topological polar surface area (TPSA) is 86.8 Å². The average molecular weight is 755 g/mol. The van der Waals surface area contributed by atoms with Crippen molar-refractivity contribution in [3.8, 4) is 0 Å². The van der Waals surface area contributed by atoms with Crippen LogP contribution in [0.2, 0.25) is 15.1 Å². The minimum Gasteiger partial charge on any atom is -0.352 e. The Kier molecular flexibility index (Phi) is 12.3. The Balaban J connectivity index is 1.90. The van der Waals surface area contributed by atoms with Crippen molar-refractivity contribution in [1.82, 2.24) is 10.2 Å². The molecule has 0 aliphatic heterocycles. The Hall–Kier alpha value is -3.77. The van der Waals surface area contributed by atoms with Gasteiger partial charge in [-0.3, -0.25) is 13.9 Å². The summed E-state index contributed by atoms with van der Waals surface area (Å²) in [4.78, 5) is 29.3. The van der Waals surface area contributed by atoms with Gasteiger partial charge in [-0.25, -0.2) is 8.42 Å². The molecule has 14 heteroatoms. The number of amides is 2. The van der Waals surface area contributed by atoms with Gasteiger partial charge in [-0.2, -0.15) is 13.2 Å². The Morgan fingerprint density at radius 3 is 2.02 bits per heavy atom. The lowest BCUT2D eigenvalue weighted by molar-refractivity contribution is -0.140. The van der Waals surface area contributed by atoms with E-state index >= 15 is 0 Å². The lowest BCUT2D eigenvalue weighted by Gasteiger charge is -2.34. The van der Waals surface area contributed by atoms with Crippen molar-refractivity contribution in [3.05, 3.63) is 128 Å². The number of alkyl halides is 3. The fourth-order valence-corrected chi connectivity index (χ4v) is 7.19. The molecule has 0 heterocycles. The number of sulfonamides is 1. The highest BCUT2D eigenvalue weighted by Gasteiger charge is 2.38. The molecule has 49 heavy (non-hydrogen) atoms. The first-order valence-corrected chi connectivity index (χ1v) is 17.6. The number of nitrogens with one attached hydrogen (secondary N) is 1. The average Bonchev–Trinajstić information content (AvgIpc) is 3.02. The normalized spacial score (nSPS) is 12.4. The highest BCUT2D eigenvalue weighted by Crippen LogP contribution is 2.38. The summed E-state index contributed by atoms with van der Waals surface area (Å²) >= 11 is 18.9. The number of rotatable bonds is 12. The van der Waals surface area contributed by atoms with Crippen molar-refractivity contribution in [2.24, 2.45) is 0 Å². The Morgan fingerprint density at radius 2 is 1.45 bits per heavy atom. The minimum absolute atomic E-state index is 0.0110. The highest BCUT2D eigenvalue weighted by molar-refractivity contribution is 7.92. The summed E-state index contributed by atoms with van der Waals surface area (Å²) in [5.74, 6) is -1.45. The lowest BCUT2D eigenvalue weighted by atomic mass is 10.0. The van der Waals surface area contributed by atoms with Gasteiger partial charge in [-0.15, -0.1) is 0 Å². The molecular weight excluding hydrogens is 722 g/mol. The first kappa shape index (κ1) is 38.0. The molecule has 2 amide bonds. The van der Waals surface area contributed by atoms with E-state index in [2.05, 4.69) is 5.32 Å². The fraction of sp³-hybridized carbons (Fsp3) is 0.257. The van der Waals surface area contributed by atoms with E-state index in [1.165, 1.54) is 24.3 Å². The molecule has 0 radical (unpaired) electrons. The maximum absolute atomic E-state index is 14.6. The van der Waals surface area contributed by atoms with Crippen molar-refractivity contribution in [2.45, 2.75) is 56.9 Å². The van der Waals surface area contributed by atoms with E-state index < -0.39 is 56.9 Å². The van der Waals surface area contributed by atoms with Crippen LogP contribution in [0.5, 0.6) is 0 Å². The third-order valence-corrected chi connectivity index (χ3v) is 10.3. The molecule has 0 saturated carbocycles. The molecule has 0 saturated heterocycles. The molecule has 1 N–H and O–H groups in total. The highest BCUT2D eigenvalue weighted by atomic mass is 35.5. The number of aryl methyl sites for hydroxylation is 1. The smallest absolute Gasteiger partial charge is 0.352 e. The molecule has 4 rings (SSSR count). The Morgan fingerprint density at radius 1 is 0.837 bits per heavy atom. The van der Waals surface area contributed by atoms with E-state index in [0.29, 0.717) is 15.9 Å². The predicted molar refractivity (Wildman–Crippen MR) is 186 cm³/mol. The molecule has 0 bridgehead atoms. The second-order valence-electron chi connectivity index (χ2n) is 11.6. The first-order chi connectivity index (χ1) is 23.0. The molecule has 0 spiro atoms. The van der Waals surface area contributed by atoms with Crippen LogP contribution in [0.4, 0.5) is 18.9 Å². The van der Waals surface area contributed by atoms with Gasteiger partial charge in [0.05, 0.1) is 21.2 Å². The molecule has 7 nitrogen and oxygen atoms in total. The second-order valence-corrected chi connectivity index (χ2v) is 14.7. The maximum Gasteiger partial charge on any atom is 0.417 e. The summed E-state index contributed by atoms with van der Waals surface area (Å²) in [7, 11) is -4.66. The van der Waals surface area contributed by atoms with Gasteiger partial charge in [0.1, 0.15) is 12.6 Å². The number of benzene rings is 4. The van der Waals surface area contributed by atoms with Crippen molar-refractivity contribution >= 4 is 62.3 Å². The minimum atomic E-state index is -4.93. The van der Waals surface area contributed by atoms with Crippen LogP contribution in [0.3, 0.4) is 0 Å². The van der Waals surface area contributed by atoms with Crippen molar-refractivity contribution in [3.63, 3.8) is 0 Å². The van der Waals surface area contributed by atoms with Gasteiger partial charge in [0, 0.05) is 34.6 Å². The first-order valence-electron chi connectivity index (χ1n) is 15.0. The van der Waals surface area contributed by atoms with Crippen molar-refractivity contribution in [1.29, 1.82) is 0 Å². The largest absolute Gasteiger partial charge is 0.417 e. The standard InChI is InChI=1S/C35H33Cl3F3N3O4S/c1-22(2)42-34(46)32(18-24-8-5-4-6-9-24)43(20-27-29(36)10-7-11-30(27)37)33(45)21-44(49(47,48)26-15-12-23(3)13-16-26)25-14-17-31(38)28(19-25)35(39,40)41/h4-17,19,22,32H,18,20-21H2,1-3H3,(H,42,46)/t32-/m1/s1. The summed E-state index contributed by atoms with van der Waals surface area (Å²) in [5, 5.41) is 2.54. The zero-order chi connectivity index (χ0) is 36.1. The predicted octanol–water partition coefficient (Wildman–Crippen LogP) is 8.33. The quantitative estimate of drug-likeness (QED) is 0.158. The summed E-state index contributed by atoms with van der Waals surface area (Å²) in [6.07, 6.45) is -4.92. The van der Waals surface area contributed by atoms with Gasteiger partial charge in [0.2, 0.25) is 11.8 Å². The Labute approximate surface area is 298 Å². The van der Waals surface area contributed by atoms with E-state index in [1.807, 2.05) is 0 Å². The van der Waals surface area contributed by atoms with Crippen LogP contribution in [-0.2, 0) is 38.8 Å².